The van der Waals surface area contributed by atoms with E-state index in [9.17, 15) is 4.79 Å². The summed E-state index contributed by atoms with van der Waals surface area (Å²) in [6.07, 6.45) is 4.47. The number of carboxylic acids is 1. The van der Waals surface area contributed by atoms with Crippen LogP contribution in [0.15, 0.2) is 17.5 Å². The largest absolute Gasteiger partial charge is 0.481 e. The average molecular weight is 212 g/mol. The van der Waals surface area contributed by atoms with Crippen molar-refractivity contribution in [2.45, 2.75) is 12.8 Å². The molecule has 0 aromatic carbocycles. The number of hydrogen-bond donors (Lipinski definition) is 2. The molecule has 1 aromatic heterocycles. The summed E-state index contributed by atoms with van der Waals surface area (Å²) in [5.74, 6) is -0.808. The maximum absolute atomic E-state index is 10.4. The van der Waals surface area contributed by atoms with Crippen molar-refractivity contribution in [2.24, 2.45) is 0 Å². The van der Waals surface area contributed by atoms with E-state index in [1.54, 1.807) is 0 Å². The Kier molecular flexibility index (Phi) is 4.35. The Bertz CT molecular complexity index is 328. The lowest BCUT2D eigenvalue weighted by Gasteiger charge is -1.87. The van der Waals surface area contributed by atoms with Gasteiger partial charge in [0.1, 0.15) is 0 Å². The first-order valence-corrected chi connectivity index (χ1v) is 5.17. The summed E-state index contributed by atoms with van der Waals surface area (Å²) in [5, 5.41) is 19.0. The molecule has 0 bridgehead atoms. The normalized spacial score (nSPS) is 10.9. The van der Waals surface area contributed by atoms with Crippen LogP contribution < -0.4 is 0 Å². The van der Waals surface area contributed by atoms with E-state index in [0.29, 0.717) is 6.42 Å². The average Bonchev–Trinajstić information content (AvgIpc) is 2.52. The minimum Gasteiger partial charge on any atom is -0.481 e. The maximum atomic E-state index is 10.4. The molecule has 0 saturated carbocycles. The van der Waals surface area contributed by atoms with E-state index in [2.05, 4.69) is 0 Å². The van der Waals surface area contributed by atoms with Gasteiger partial charge < -0.3 is 10.2 Å². The molecule has 0 atom stereocenters. The second-order valence-electron chi connectivity index (χ2n) is 2.83. The highest BCUT2D eigenvalue weighted by molar-refractivity contribution is 7.10. The molecule has 1 heterocycles. The molecule has 1 rings (SSSR count). The fourth-order valence-electron chi connectivity index (χ4n) is 1.02. The van der Waals surface area contributed by atoms with Crippen molar-refractivity contribution < 1.29 is 15.0 Å². The molecule has 14 heavy (non-hydrogen) atoms. The highest BCUT2D eigenvalue weighted by Gasteiger charge is 2.02. The number of rotatable bonds is 5. The first kappa shape index (κ1) is 10.9. The zero-order valence-corrected chi connectivity index (χ0v) is 8.46. The van der Waals surface area contributed by atoms with Gasteiger partial charge in [-0.05, 0) is 23.4 Å². The minimum atomic E-state index is -0.808. The quantitative estimate of drug-likeness (QED) is 0.782. The Morgan fingerprint density at radius 1 is 1.57 bits per heavy atom. The fraction of sp³-hybridized carbons (Fsp3) is 0.300. The van der Waals surface area contributed by atoms with Crippen LogP contribution in [0.1, 0.15) is 16.9 Å². The number of aliphatic hydroxyl groups excluding tert-OH is 1. The number of aliphatic carboxylic acids is 1. The van der Waals surface area contributed by atoms with Crippen molar-refractivity contribution in [3.63, 3.8) is 0 Å². The van der Waals surface area contributed by atoms with Crippen LogP contribution in [0, 0.1) is 0 Å². The number of carbonyl (C=O) groups is 1. The Labute approximate surface area is 86.3 Å². The Morgan fingerprint density at radius 3 is 3.00 bits per heavy atom. The molecule has 0 radical (unpaired) electrons. The van der Waals surface area contributed by atoms with E-state index >= 15 is 0 Å². The van der Waals surface area contributed by atoms with Gasteiger partial charge in [-0.3, -0.25) is 4.79 Å². The van der Waals surface area contributed by atoms with Crippen LogP contribution in [0.25, 0.3) is 6.08 Å². The first-order chi connectivity index (χ1) is 6.72. The molecule has 0 aliphatic heterocycles. The van der Waals surface area contributed by atoms with Crippen LogP contribution in [-0.2, 0) is 11.2 Å². The maximum Gasteiger partial charge on any atom is 0.308 e. The zero-order valence-electron chi connectivity index (χ0n) is 7.64. The van der Waals surface area contributed by atoms with E-state index in [0.717, 1.165) is 10.4 Å². The van der Waals surface area contributed by atoms with Gasteiger partial charge in [-0.2, -0.15) is 0 Å². The molecule has 0 aliphatic rings. The SMILES string of the molecule is O=C(O)Cc1cc(C=CCCO)cs1. The third kappa shape index (κ3) is 3.72. The summed E-state index contributed by atoms with van der Waals surface area (Å²) >= 11 is 1.44. The van der Waals surface area contributed by atoms with Gasteiger partial charge in [0, 0.05) is 11.5 Å². The monoisotopic (exact) mass is 212 g/mol. The van der Waals surface area contributed by atoms with Crippen LogP contribution in [0.4, 0.5) is 0 Å². The summed E-state index contributed by atoms with van der Waals surface area (Å²) in [6, 6.07) is 1.85. The van der Waals surface area contributed by atoms with Crippen molar-refractivity contribution in [1.29, 1.82) is 0 Å². The zero-order chi connectivity index (χ0) is 10.4. The molecule has 1 aromatic rings. The summed E-state index contributed by atoms with van der Waals surface area (Å²) in [4.78, 5) is 11.2. The van der Waals surface area contributed by atoms with Crippen molar-refractivity contribution in [3.8, 4) is 0 Å². The Morgan fingerprint density at radius 2 is 2.36 bits per heavy atom. The molecule has 3 nitrogen and oxygen atoms in total. The van der Waals surface area contributed by atoms with Crippen LogP contribution in [0.3, 0.4) is 0 Å². The van der Waals surface area contributed by atoms with Gasteiger partial charge in [0.15, 0.2) is 0 Å². The van der Waals surface area contributed by atoms with Crippen molar-refractivity contribution in [1.82, 2.24) is 0 Å². The number of aliphatic hydroxyl groups is 1. The first-order valence-electron chi connectivity index (χ1n) is 4.29. The van der Waals surface area contributed by atoms with Crippen LogP contribution >= 0.6 is 11.3 Å². The number of thiophene rings is 1. The van der Waals surface area contributed by atoms with Crippen molar-refractivity contribution in [2.75, 3.05) is 6.61 Å². The minimum absolute atomic E-state index is 0.0819. The van der Waals surface area contributed by atoms with Crippen LogP contribution in [0.2, 0.25) is 0 Å². The highest BCUT2D eigenvalue weighted by Crippen LogP contribution is 2.16. The van der Waals surface area contributed by atoms with E-state index < -0.39 is 5.97 Å². The molecule has 0 saturated heterocycles. The fourth-order valence-corrected chi connectivity index (χ4v) is 1.87. The van der Waals surface area contributed by atoms with Gasteiger partial charge in [0.2, 0.25) is 0 Å². The topological polar surface area (TPSA) is 57.5 Å². The Hall–Kier alpha value is -1.13. The molecule has 76 valence electrons. The lowest BCUT2D eigenvalue weighted by Crippen LogP contribution is -1.97. The standard InChI is InChI=1S/C10H12O3S/c11-4-2-1-3-8-5-9(14-7-8)6-10(12)13/h1,3,5,7,11H,2,4,6H2,(H,12,13). The van der Waals surface area contributed by atoms with Crippen molar-refractivity contribution in [3.05, 3.63) is 28.0 Å². The molecular formula is C10H12O3S. The predicted molar refractivity (Wildman–Crippen MR) is 56.4 cm³/mol. The van der Waals surface area contributed by atoms with Crippen LogP contribution in [-0.4, -0.2) is 22.8 Å². The molecule has 0 aliphatic carbocycles. The molecule has 2 N–H and O–H groups in total. The van der Waals surface area contributed by atoms with Gasteiger partial charge in [-0.1, -0.05) is 12.2 Å². The van der Waals surface area contributed by atoms with E-state index in [4.69, 9.17) is 10.2 Å². The smallest absolute Gasteiger partial charge is 0.308 e. The summed E-state index contributed by atoms with van der Waals surface area (Å²) in [5.41, 5.74) is 1.000. The van der Waals surface area contributed by atoms with Gasteiger partial charge >= 0.3 is 5.97 Å². The molecule has 0 unspecified atom stereocenters. The van der Waals surface area contributed by atoms with Crippen LogP contribution in [0.5, 0.6) is 0 Å². The summed E-state index contributed by atoms with van der Waals surface area (Å²) in [7, 11) is 0. The second kappa shape index (κ2) is 5.57. The molecule has 0 amide bonds. The lowest BCUT2D eigenvalue weighted by molar-refractivity contribution is -0.136. The number of carboxylic acid groups (broad SMARTS) is 1. The predicted octanol–water partition coefficient (Wildman–Crippen LogP) is 1.77. The number of hydrogen-bond acceptors (Lipinski definition) is 3. The summed E-state index contributed by atoms with van der Waals surface area (Å²) in [6.45, 7) is 0.141. The van der Waals surface area contributed by atoms with Gasteiger partial charge in [-0.25, -0.2) is 0 Å². The third-order valence-electron chi connectivity index (χ3n) is 1.61. The van der Waals surface area contributed by atoms with Gasteiger partial charge in [0.05, 0.1) is 6.42 Å². The van der Waals surface area contributed by atoms with E-state index in [1.807, 2.05) is 23.6 Å². The molecule has 4 heteroatoms. The second-order valence-corrected chi connectivity index (χ2v) is 3.83. The van der Waals surface area contributed by atoms with Gasteiger partial charge in [0.25, 0.3) is 0 Å². The lowest BCUT2D eigenvalue weighted by atomic mass is 10.2. The molecular weight excluding hydrogens is 200 g/mol. The molecule has 0 fully saturated rings. The molecule has 0 spiro atoms. The van der Waals surface area contributed by atoms with E-state index in [-0.39, 0.29) is 13.0 Å². The summed E-state index contributed by atoms with van der Waals surface area (Å²) < 4.78 is 0. The third-order valence-corrected chi connectivity index (χ3v) is 2.56. The Balaban J connectivity index is 2.54. The highest BCUT2D eigenvalue weighted by atomic mass is 32.1. The van der Waals surface area contributed by atoms with Crippen molar-refractivity contribution >= 4 is 23.4 Å². The van der Waals surface area contributed by atoms with E-state index in [1.165, 1.54) is 11.3 Å². The van der Waals surface area contributed by atoms with Gasteiger partial charge in [-0.15, -0.1) is 11.3 Å².